The molecule has 3 heteroatoms. The Hall–Kier alpha value is -1.09. The summed E-state index contributed by atoms with van der Waals surface area (Å²) < 4.78 is 0. The van der Waals surface area contributed by atoms with Gasteiger partial charge in [-0.3, -0.25) is 0 Å². The Balaban J connectivity index is 3.05. The molecule has 0 bridgehead atoms. The van der Waals surface area contributed by atoms with Crippen molar-refractivity contribution in [3.63, 3.8) is 0 Å². The molecule has 0 aliphatic heterocycles. The van der Waals surface area contributed by atoms with Crippen molar-refractivity contribution in [1.82, 2.24) is 0 Å². The molecule has 0 atom stereocenters. The van der Waals surface area contributed by atoms with Gasteiger partial charge < -0.3 is 5.11 Å². The molecule has 0 radical (unpaired) electrons. The number of carboxylic acid groups (broad SMARTS) is 1. The molecule has 0 saturated heterocycles. The first kappa shape index (κ1) is 9.99. The third-order valence-corrected chi connectivity index (χ3v) is 1.95. The topological polar surface area (TPSA) is 37.3 Å². The summed E-state index contributed by atoms with van der Waals surface area (Å²) in [6.45, 7) is 0. The molecule has 0 unspecified atom stereocenters. The van der Waals surface area contributed by atoms with Crippen LogP contribution in [-0.4, -0.2) is 16.4 Å². The molecule has 0 fully saturated rings. The average molecular weight is 241 g/mol. The van der Waals surface area contributed by atoms with Gasteiger partial charge in [-0.15, -0.1) is 0 Å². The van der Waals surface area contributed by atoms with Crippen molar-refractivity contribution >= 4 is 28.0 Å². The molecule has 13 heavy (non-hydrogen) atoms. The van der Waals surface area contributed by atoms with Crippen molar-refractivity contribution < 1.29 is 9.90 Å². The van der Waals surface area contributed by atoms with Gasteiger partial charge in [0.25, 0.3) is 0 Å². The number of carbonyl (C=O) groups is 1. The standard InChI is InChI=1S/C10H9BrO2/c11-7-3-5-8-4-1-2-6-9(8)10(12)13/h1-6H,7H2,(H,12,13). The Morgan fingerprint density at radius 1 is 1.46 bits per heavy atom. The van der Waals surface area contributed by atoms with Gasteiger partial charge in [-0.05, 0) is 11.6 Å². The Morgan fingerprint density at radius 3 is 2.77 bits per heavy atom. The molecular weight excluding hydrogens is 232 g/mol. The van der Waals surface area contributed by atoms with Crippen LogP contribution in [0.1, 0.15) is 15.9 Å². The zero-order valence-corrected chi connectivity index (χ0v) is 8.49. The van der Waals surface area contributed by atoms with Crippen LogP contribution in [-0.2, 0) is 0 Å². The summed E-state index contributed by atoms with van der Waals surface area (Å²) in [7, 11) is 0. The van der Waals surface area contributed by atoms with Gasteiger partial charge in [0.05, 0.1) is 5.56 Å². The van der Waals surface area contributed by atoms with Gasteiger partial charge in [0, 0.05) is 5.33 Å². The van der Waals surface area contributed by atoms with Gasteiger partial charge in [0.15, 0.2) is 0 Å². The zero-order valence-electron chi connectivity index (χ0n) is 6.90. The summed E-state index contributed by atoms with van der Waals surface area (Å²) in [5.74, 6) is -0.894. The van der Waals surface area contributed by atoms with Gasteiger partial charge >= 0.3 is 5.97 Å². The SMILES string of the molecule is O=C(O)c1ccccc1C=CCBr. The first-order chi connectivity index (χ1) is 6.25. The van der Waals surface area contributed by atoms with E-state index < -0.39 is 5.97 Å². The number of allylic oxidation sites excluding steroid dienone is 1. The second-order valence-corrected chi connectivity index (χ2v) is 3.10. The van der Waals surface area contributed by atoms with Crippen molar-refractivity contribution in [3.05, 3.63) is 41.5 Å². The number of hydrogen-bond acceptors (Lipinski definition) is 1. The van der Waals surface area contributed by atoms with E-state index in [-0.39, 0.29) is 0 Å². The number of alkyl halides is 1. The van der Waals surface area contributed by atoms with Crippen LogP contribution >= 0.6 is 15.9 Å². The molecule has 0 spiro atoms. The maximum Gasteiger partial charge on any atom is 0.336 e. The minimum Gasteiger partial charge on any atom is -0.478 e. The Bertz CT molecular complexity index is 331. The van der Waals surface area contributed by atoms with E-state index in [9.17, 15) is 4.79 Å². The minimum absolute atomic E-state index is 0.333. The predicted octanol–water partition coefficient (Wildman–Crippen LogP) is 2.79. The first-order valence-corrected chi connectivity index (χ1v) is 4.92. The molecule has 0 aromatic heterocycles. The summed E-state index contributed by atoms with van der Waals surface area (Å²) in [6, 6.07) is 6.91. The molecule has 0 amide bonds. The quantitative estimate of drug-likeness (QED) is 0.826. The molecule has 0 heterocycles. The highest BCUT2D eigenvalue weighted by atomic mass is 79.9. The second-order valence-electron chi connectivity index (χ2n) is 2.45. The van der Waals surface area contributed by atoms with Crippen LogP contribution in [0.2, 0.25) is 0 Å². The normalized spacial score (nSPS) is 10.5. The Kier molecular flexibility index (Phi) is 3.71. The van der Waals surface area contributed by atoms with Crippen molar-refractivity contribution in [2.45, 2.75) is 0 Å². The van der Waals surface area contributed by atoms with Gasteiger partial charge in [0.2, 0.25) is 0 Å². The van der Waals surface area contributed by atoms with Crippen molar-refractivity contribution in [2.24, 2.45) is 0 Å². The van der Waals surface area contributed by atoms with Crippen LogP contribution in [0.4, 0.5) is 0 Å². The van der Waals surface area contributed by atoms with Crippen LogP contribution in [0.5, 0.6) is 0 Å². The van der Waals surface area contributed by atoms with Crippen molar-refractivity contribution in [2.75, 3.05) is 5.33 Å². The van der Waals surface area contributed by atoms with E-state index in [2.05, 4.69) is 15.9 Å². The molecule has 68 valence electrons. The van der Waals surface area contributed by atoms with Crippen LogP contribution < -0.4 is 0 Å². The highest BCUT2D eigenvalue weighted by Crippen LogP contribution is 2.10. The number of hydrogen-bond donors (Lipinski definition) is 1. The molecule has 1 aromatic rings. The lowest BCUT2D eigenvalue weighted by Gasteiger charge is -1.98. The molecule has 0 aliphatic rings. The summed E-state index contributed by atoms with van der Waals surface area (Å²) in [4.78, 5) is 10.7. The maximum atomic E-state index is 10.7. The van der Waals surface area contributed by atoms with Gasteiger partial charge in [0.1, 0.15) is 0 Å². The summed E-state index contributed by atoms with van der Waals surface area (Å²) >= 11 is 3.23. The van der Waals surface area contributed by atoms with Crippen molar-refractivity contribution in [1.29, 1.82) is 0 Å². The fourth-order valence-electron chi connectivity index (χ4n) is 1.01. The fourth-order valence-corrected chi connectivity index (χ4v) is 1.20. The molecule has 0 aliphatic carbocycles. The summed E-state index contributed by atoms with van der Waals surface area (Å²) in [6.07, 6.45) is 3.65. The Labute approximate surface area is 85.0 Å². The molecule has 1 rings (SSSR count). The largest absolute Gasteiger partial charge is 0.478 e. The molecule has 1 N–H and O–H groups in total. The maximum absolute atomic E-state index is 10.7. The second kappa shape index (κ2) is 4.82. The van der Waals surface area contributed by atoms with Gasteiger partial charge in [-0.1, -0.05) is 46.3 Å². The van der Waals surface area contributed by atoms with E-state index in [1.165, 1.54) is 0 Å². The number of halogens is 1. The first-order valence-electron chi connectivity index (χ1n) is 3.80. The summed E-state index contributed by atoms with van der Waals surface area (Å²) in [5, 5.41) is 9.54. The summed E-state index contributed by atoms with van der Waals surface area (Å²) in [5.41, 5.74) is 1.06. The van der Waals surface area contributed by atoms with E-state index in [1.807, 2.05) is 12.1 Å². The lowest BCUT2D eigenvalue weighted by atomic mass is 10.1. The lowest BCUT2D eigenvalue weighted by Crippen LogP contribution is -1.98. The van der Waals surface area contributed by atoms with E-state index in [0.29, 0.717) is 5.56 Å². The monoisotopic (exact) mass is 240 g/mol. The van der Waals surface area contributed by atoms with E-state index >= 15 is 0 Å². The average Bonchev–Trinajstić information content (AvgIpc) is 2.15. The van der Waals surface area contributed by atoms with Crippen LogP contribution in [0.3, 0.4) is 0 Å². The van der Waals surface area contributed by atoms with E-state index in [0.717, 1.165) is 10.9 Å². The van der Waals surface area contributed by atoms with Gasteiger partial charge in [-0.25, -0.2) is 4.79 Å². The molecule has 2 nitrogen and oxygen atoms in total. The number of aromatic carboxylic acids is 1. The number of rotatable bonds is 3. The molecule has 0 saturated carbocycles. The fraction of sp³-hybridized carbons (Fsp3) is 0.100. The van der Waals surface area contributed by atoms with Gasteiger partial charge in [-0.2, -0.15) is 0 Å². The van der Waals surface area contributed by atoms with Crippen molar-refractivity contribution in [3.8, 4) is 0 Å². The van der Waals surface area contributed by atoms with E-state index in [4.69, 9.17) is 5.11 Å². The lowest BCUT2D eigenvalue weighted by molar-refractivity contribution is 0.0696. The highest BCUT2D eigenvalue weighted by Gasteiger charge is 2.05. The molecular formula is C10H9BrO2. The van der Waals surface area contributed by atoms with Crippen LogP contribution in [0, 0.1) is 0 Å². The zero-order chi connectivity index (χ0) is 9.68. The predicted molar refractivity (Wildman–Crippen MR) is 56.2 cm³/mol. The van der Waals surface area contributed by atoms with Crippen LogP contribution in [0.25, 0.3) is 6.08 Å². The van der Waals surface area contributed by atoms with Crippen LogP contribution in [0.15, 0.2) is 30.3 Å². The smallest absolute Gasteiger partial charge is 0.336 e. The Morgan fingerprint density at radius 2 is 2.15 bits per heavy atom. The van der Waals surface area contributed by atoms with E-state index in [1.54, 1.807) is 24.3 Å². The highest BCUT2D eigenvalue weighted by molar-refractivity contribution is 9.09. The number of benzene rings is 1. The third-order valence-electron chi connectivity index (χ3n) is 1.58. The minimum atomic E-state index is -0.894. The molecule has 1 aromatic carbocycles. The number of carboxylic acids is 1. The third kappa shape index (κ3) is 2.70.